The molecule has 0 unspecified atom stereocenters. The molecular formula is C23H24FN5O. The maximum atomic E-state index is 13.2. The molecule has 0 bridgehead atoms. The van der Waals surface area contributed by atoms with Crippen LogP contribution in [-0.4, -0.2) is 38.8 Å². The van der Waals surface area contributed by atoms with E-state index in [0.29, 0.717) is 18.8 Å². The number of amides is 1. The summed E-state index contributed by atoms with van der Waals surface area (Å²) in [4.78, 5) is 27.8. The lowest BCUT2D eigenvalue weighted by Crippen LogP contribution is -2.39. The Kier molecular flexibility index (Phi) is 5.70. The Balaban J connectivity index is 1.51. The molecule has 1 N–H and O–H groups in total. The number of hydrogen-bond acceptors (Lipinski definition) is 5. The lowest BCUT2D eigenvalue weighted by molar-refractivity contribution is 0.0699. The summed E-state index contributed by atoms with van der Waals surface area (Å²) in [5.41, 5.74) is 4.71. The molecule has 1 fully saturated rings. The standard InChI is InChI=1S/C23H24FN5O/c1-15-10-20(28-19-7-5-18(24)6-8-19)11-21(27-15)17-4-3-9-29(14-17)23(30)22-13-25-16(2)12-26-22/h5-8,10-13,17H,3-4,9,14H2,1-2H3,(H,27,28)/t17-/m0/s1. The molecule has 30 heavy (non-hydrogen) atoms. The number of rotatable bonds is 4. The first kappa shape index (κ1) is 19.9. The van der Waals surface area contributed by atoms with Crippen LogP contribution < -0.4 is 5.32 Å². The molecular weight excluding hydrogens is 381 g/mol. The van der Waals surface area contributed by atoms with E-state index in [1.807, 2.05) is 30.9 Å². The molecule has 0 saturated carbocycles. The highest BCUT2D eigenvalue weighted by Crippen LogP contribution is 2.29. The van der Waals surface area contributed by atoms with Crippen LogP contribution in [0.2, 0.25) is 0 Å². The molecule has 1 aliphatic heterocycles. The van der Waals surface area contributed by atoms with Crippen molar-refractivity contribution in [3.63, 3.8) is 0 Å². The van der Waals surface area contributed by atoms with Gasteiger partial charge >= 0.3 is 0 Å². The summed E-state index contributed by atoms with van der Waals surface area (Å²) in [5.74, 6) is -0.211. The van der Waals surface area contributed by atoms with Crippen LogP contribution in [0.25, 0.3) is 0 Å². The second-order valence-corrected chi connectivity index (χ2v) is 7.69. The quantitative estimate of drug-likeness (QED) is 0.697. The van der Waals surface area contributed by atoms with E-state index in [1.54, 1.807) is 18.3 Å². The van der Waals surface area contributed by atoms with Gasteiger partial charge in [0.15, 0.2) is 0 Å². The number of anilines is 2. The largest absolute Gasteiger partial charge is 0.355 e. The number of pyridine rings is 1. The van der Waals surface area contributed by atoms with Crippen molar-refractivity contribution in [2.24, 2.45) is 0 Å². The SMILES string of the molecule is Cc1cnc(C(=O)N2CCC[C@H](c3cc(Nc4ccc(F)cc4)cc(C)n3)C2)cn1. The van der Waals surface area contributed by atoms with E-state index in [2.05, 4.69) is 15.3 Å². The van der Waals surface area contributed by atoms with Crippen LogP contribution in [0.4, 0.5) is 15.8 Å². The summed E-state index contributed by atoms with van der Waals surface area (Å²) in [6.07, 6.45) is 5.03. The zero-order chi connectivity index (χ0) is 21.1. The molecule has 2 aromatic heterocycles. The minimum absolute atomic E-state index is 0.0930. The minimum Gasteiger partial charge on any atom is -0.355 e. The molecule has 1 aliphatic rings. The molecule has 1 atom stereocenters. The number of nitrogens with one attached hydrogen (secondary N) is 1. The summed E-state index contributed by atoms with van der Waals surface area (Å²) in [5, 5.41) is 3.31. The van der Waals surface area contributed by atoms with Crippen LogP contribution in [0.5, 0.6) is 0 Å². The predicted molar refractivity (Wildman–Crippen MR) is 113 cm³/mol. The number of carbonyl (C=O) groups is 1. The van der Waals surface area contributed by atoms with E-state index in [9.17, 15) is 9.18 Å². The molecule has 0 aliphatic carbocycles. The lowest BCUT2D eigenvalue weighted by Gasteiger charge is -2.32. The van der Waals surface area contributed by atoms with E-state index in [4.69, 9.17) is 4.98 Å². The smallest absolute Gasteiger partial charge is 0.274 e. The van der Waals surface area contributed by atoms with Gasteiger partial charge in [0.2, 0.25) is 0 Å². The summed E-state index contributed by atoms with van der Waals surface area (Å²) in [6, 6.07) is 10.2. The van der Waals surface area contributed by atoms with E-state index in [1.165, 1.54) is 18.3 Å². The fourth-order valence-electron chi connectivity index (χ4n) is 3.74. The van der Waals surface area contributed by atoms with Gasteiger partial charge in [-0.3, -0.25) is 14.8 Å². The third-order valence-corrected chi connectivity index (χ3v) is 5.23. The van der Waals surface area contributed by atoms with Gasteiger partial charge in [-0.25, -0.2) is 9.37 Å². The molecule has 1 amide bonds. The maximum Gasteiger partial charge on any atom is 0.274 e. The highest BCUT2D eigenvalue weighted by atomic mass is 19.1. The van der Waals surface area contributed by atoms with Crippen molar-refractivity contribution in [1.29, 1.82) is 0 Å². The van der Waals surface area contributed by atoms with Gasteiger partial charge in [-0.05, 0) is 63.1 Å². The second-order valence-electron chi connectivity index (χ2n) is 7.69. The van der Waals surface area contributed by atoms with E-state index in [-0.39, 0.29) is 17.6 Å². The highest BCUT2D eigenvalue weighted by Gasteiger charge is 2.27. The Labute approximate surface area is 175 Å². The van der Waals surface area contributed by atoms with E-state index < -0.39 is 0 Å². The number of halogens is 1. The Morgan fingerprint density at radius 3 is 2.60 bits per heavy atom. The van der Waals surface area contributed by atoms with Gasteiger partial charge < -0.3 is 10.2 Å². The maximum absolute atomic E-state index is 13.2. The van der Waals surface area contributed by atoms with Gasteiger partial charge in [-0.15, -0.1) is 0 Å². The first-order chi connectivity index (χ1) is 14.5. The molecule has 154 valence electrons. The van der Waals surface area contributed by atoms with E-state index >= 15 is 0 Å². The number of nitrogens with zero attached hydrogens (tertiary/aromatic N) is 4. The van der Waals surface area contributed by atoms with Crippen molar-refractivity contribution in [2.75, 3.05) is 18.4 Å². The average Bonchev–Trinajstić information content (AvgIpc) is 2.75. The van der Waals surface area contributed by atoms with Gasteiger partial charge in [0.25, 0.3) is 5.91 Å². The fourth-order valence-corrected chi connectivity index (χ4v) is 3.74. The monoisotopic (exact) mass is 405 g/mol. The molecule has 0 spiro atoms. The molecule has 1 saturated heterocycles. The molecule has 3 heterocycles. The number of aryl methyl sites for hydroxylation is 2. The number of aromatic nitrogens is 3. The molecule has 3 aromatic rings. The van der Waals surface area contributed by atoms with Crippen LogP contribution in [-0.2, 0) is 0 Å². The van der Waals surface area contributed by atoms with Gasteiger partial charge in [-0.1, -0.05) is 0 Å². The summed E-state index contributed by atoms with van der Waals surface area (Å²) in [6.45, 7) is 5.10. The highest BCUT2D eigenvalue weighted by molar-refractivity contribution is 5.92. The fraction of sp³-hybridized carbons (Fsp3) is 0.304. The van der Waals surface area contributed by atoms with Gasteiger partial charge in [0.1, 0.15) is 11.5 Å². The molecule has 4 rings (SSSR count). The van der Waals surface area contributed by atoms with Crippen LogP contribution in [0.3, 0.4) is 0 Å². The Bertz CT molecular complexity index is 1040. The second kappa shape index (κ2) is 8.57. The third-order valence-electron chi connectivity index (χ3n) is 5.23. The molecule has 6 nitrogen and oxygen atoms in total. The van der Waals surface area contributed by atoms with Crippen molar-refractivity contribution in [2.45, 2.75) is 32.6 Å². The van der Waals surface area contributed by atoms with E-state index in [0.717, 1.165) is 41.3 Å². The van der Waals surface area contributed by atoms with Crippen molar-refractivity contribution < 1.29 is 9.18 Å². The number of benzene rings is 1. The number of carbonyl (C=O) groups excluding carboxylic acids is 1. The Morgan fingerprint density at radius 2 is 1.87 bits per heavy atom. The van der Waals surface area contributed by atoms with Crippen molar-refractivity contribution in [3.8, 4) is 0 Å². The Hall–Kier alpha value is -3.35. The first-order valence-corrected chi connectivity index (χ1v) is 10.1. The van der Waals surface area contributed by atoms with Gasteiger partial charge in [0.05, 0.1) is 11.9 Å². The van der Waals surface area contributed by atoms with Gasteiger partial charge in [0, 0.05) is 48.0 Å². The van der Waals surface area contributed by atoms with Crippen molar-refractivity contribution in [3.05, 3.63) is 77.4 Å². The topological polar surface area (TPSA) is 71.0 Å². The summed E-state index contributed by atoms with van der Waals surface area (Å²) >= 11 is 0. The van der Waals surface area contributed by atoms with Crippen molar-refractivity contribution in [1.82, 2.24) is 19.9 Å². The summed E-state index contributed by atoms with van der Waals surface area (Å²) in [7, 11) is 0. The molecule has 0 radical (unpaired) electrons. The number of likely N-dealkylation sites (tertiary alicyclic amines) is 1. The normalized spacial score (nSPS) is 16.4. The number of piperidine rings is 1. The zero-order valence-electron chi connectivity index (χ0n) is 17.1. The van der Waals surface area contributed by atoms with Crippen LogP contribution in [0.1, 0.15) is 46.3 Å². The average molecular weight is 405 g/mol. The Morgan fingerprint density at radius 1 is 1.07 bits per heavy atom. The van der Waals surface area contributed by atoms with Crippen LogP contribution in [0, 0.1) is 19.7 Å². The number of hydrogen-bond donors (Lipinski definition) is 1. The zero-order valence-corrected chi connectivity index (χ0v) is 17.1. The predicted octanol–water partition coefficient (Wildman–Crippen LogP) is 4.39. The minimum atomic E-state index is -0.266. The summed E-state index contributed by atoms with van der Waals surface area (Å²) < 4.78 is 13.2. The molecule has 7 heteroatoms. The molecule has 1 aromatic carbocycles. The lowest BCUT2D eigenvalue weighted by atomic mass is 9.93. The first-order valence-electron chi connectivity index (χ1n) is 10.1. The van der Waals surface area contributed by atoms with Crippen LogP contribution >= 0.6 is 0 Å². The van der Waals surface area contributed by atoms with Gasteiger partial charge in [-0.2, -0.15) is 0 Å². The van der Waals surface area contributed by atoms with Crippen molar-refractivity contribution >= 4 is 17.3 Å². The van der Waals surface area contributed by atoms with Crippen LogP contribution in [0.15, 0.2) is 48.8 Å². The third kappa shape index (κ3) is 4.62.